The van der Waals surface area contributed by atoms with Gasteiger partial charge in [-0.05, 0) is 30.5 Å². The first-order chi connectivity index (χ1) is 9.86. The van der Waals surface area contributed by atoms with Crippen molar-refractivity contribution in [2.75, 3.05) is 11.9 Å². The number of sulfonamides is 1. The number of hydrogen-bond acceptors (Lipinski definition) is 5. The van der Waals surface area contributed by atoms with Crippen LogP contribution in [0.5, 0.6) is 0 Å². The molecule has 21 heavy (non-hydrogen) atoms. The minimum absolute atomic E-state index is 0.0470. The van der Waals surface area contributed by atoms with Crippen LogP contribution in [0.3, 0.4) is 0 Å². The van der Waals surface area contributed by atoms with Crippen LogP contribution in [0, 0.1) is 0 Å². The number of anilines is 1. The number of thiazole rings is 1. The van der Waals surface area contributed by atoms with E-state index < -0.39 is 10.0 Å². The number of rotatable bonds is 6. The molecule has 0 fully saturated rings. The Morgan fingerprint density at radius 1 is 1.33 bits per heavy atom. The fourth-order valence-corrected chi connectivity index (χ4v) is 3.65. The monoisotopic (exact) mass is 365 g/mol. The molecule has 0 atom stereocenters. The molecule has 0 saturated carbocycles. The van der Waals surface area contributed by atoms with E-state index in [2.05, 4.69) is 10.3 Å². The van der Waals surface area contributed by atoms with Crippen molar-refractivity contribution in [2.45, 2.75) is 17.1 Å². The van der Waals surface area contributed by atoms with Gasteiger partial charge in [0.05, 0.1) is 6.20 Å². The van der Waals surface area contributed by atoms with Gasteiger partial charge in [-0.3, -0.25) is 0 Å². The highest BCUT2D eigenvalue weighted by Gasteiger charge is 2.12. The number of aryl methyl sites for hydroxylation is 1. The molecule has 2 aromatic rings. The molecule has 0 amide bonds. The maximum atomic E-state index is 11.1. The summed E-state index contributed by atoms with van der Waals surface area (Å²) in [6, 6.07) is 5.41. The van der Waals surface area contributed by atoms with Gasteiger partial charge in [-0.1, -0.05) is 40.6 Å². The van der Waals surface area contributed by atoms with Gasteiger partial charge in [0, 0.05) is 16.6 Å². The van der Waals surface area contributed by atoms with Crippen molar-refractivity contribution in [3.63, 3.8) is 0 Å². The molecule has 0 aliphatic heterocycles. The van der Waals surface area contributed by atoms with Crippen LogP contribution in [0.4, 0.5) is 5.13 Å². The molecule has 0 saturated heterocycles. The van der Waals surface area contributed by atoms with Gasteiger partial charge in [0.15, 0.2) is 9.34 Å². The van der Waals surface area contributed by atoms with Gasteiger partial charge in [0.25, 0.3) is 0 Å². The Hall–Kier alpha value is -0.860. The van der Waals surface area contributed by atoms with Crippen LogP contribution >= 0.6 is 34.5 Å². The van der Waals surface area contributed by atoms with Gasteiger partial charge in [-0.15, -0.1) is 0 Å². The molecule has 2 rings (SSSR count). The second-order valence-corrected chi connectivity index (χ2v) is 7.96. The summed E-state index contributed by atoms with van der Waals surface area (Å²) in [5, 5.41) is 9.86. The number of benzene rings is 1. The summed E-state index contributed by atoms with van der Waals surface area (Å²) < 4.78 is 22.3. The number of hydrogen-bond donors (Lipinski definition) is 2. The van der Waals surface area contributed by atoms with Gasteiger partial charge in [-0.2, -0.15) is 0 Å². The van der Waals surface area contributed by atoms with E-state index in [1.54, 1.807) is 12.1 Å². The topological polar surface area (TPSA) is 85.1 Å². The molecule has 0 unspecified atom stereocenters. The van der Waals surface area contributed by atoms with Crippen LogP contribution in [-0.2, 0) is 16.4 Å². The zero-order chi connectivity index (χ0) is 15.5. The Bertz CT molecular complexity index is 732. The zero-order valence-corrected chi connectivity index (χ0v) is 14.0. The average molecular weight is 366 g/mol. The fraction of sp³-hybridized carbons (Fsp3) is 0.250. The molecule has 0 radical (unpaired) electrons. The lowest BCUT2D eigenvalue weighted by Gasteiger charge is -2.05. The SMILES string of the molecule is NS(=O)(=O)c1cnc(NCCCc2ccc(Cl)cc2Cl)s1. The Kier molecular flexibility index (Phi) is 5.45. The fourth-order valence-electron chi connectivity index (χ4n) is 1.67. The van der Waals surface area contributed by atoms with Crippen LogP contribution in [0.1, 0.15) is 12.0 Å². The van der Waals surface area contributed by atoms with Crippen LogP contribution in [0.25, 0.3) is 0 Å². The van der Waals surface area contributed by atoms with Gasteiger partial charge in [-0.25, -0.2) is 18.5 Å². The number of aromatic nitrogens is 1. The summed E-state index contributed by atoms with van der Waals surface area (Å²) in [7, 11) is -3.68. The molecule has 0 aliphatic carbocycles. The normalized spacial score (nSPS) is 11.6. The third-order valence-electron chi connectivity index (χ3n) is 2.68. The van der Waals surface area contributed by atoms with Crippen molar-refractivity contribution < 1.29 is 8.42 Å². The molecule has 0 aliphatic rings. The van der Waals surface area contributed by atoms with Gasteiger partial charge < -0.3 is 5.32 Å². The number of nitrogens with zero attached hydrogens (tertiary/aromatic N) is 1. The van der Waals surface area contributed by atoms with Crippen molar-refractivity contribution >= 4 is 49.7 Å². The van der Waals surface area contributed by atoms with E-state index in [-0.39, 0.29) is 4.21 Å². The van der Waals surface area contributed by atoms with Crippen LogP contribution in [0.15, 0.2) is 28.6 Å². The third kappa shape index (κ3) is 4.82. The number of halogens is 2. The lowest BCUT2D eigenvalue weighted by molar-refractivity contribution is 0.599. The summed E-state index contributed by atoms with van der Waals surface area (Å²) in [5.74, 6) is 0. The molecule has 3 N–H and O–H groups in total. The molecular formula is C12H13Cl2N3O2S2. The van der Waals surface area contributed by atoms with Crippen LogP contribution in [-0.4, -0.2) is 19.9 Å². The Balaban J connectivity index is 1.83. The van der Waals surface area contributed by atoms with Gasteiger partial charge in [0.1, 0.15) is 0 Å². The summed E-state index contributed by atoms with van der Waals surface area (Å²) in [6.07, 6.45) is 2.86. The van der Waals surface area contributed by atoms with Crippen molar-refractivity contribution in [3.8, 4) is 0 Å². The summed E-state index contributed by atoms with van der Waals surface area (Å²) in [6.45, 7) is 0.649. The predicted molar refractivity (Wildman–Crippen MR) is 86.8 cm³/mol. The zero-order valence-electron chi connectivity index (χ0n) is 10.8. The molecule has 1 heterocycles. The van der Waals surface area contributed by atoms with Crippen molar-refractivity contribution in [1.82, 2.24) is 4.98 Å². The van der Waals surface area contributed by atoms with E-state index in [9.17, 15) is 8.42 Å². The van der Waals surface area contributed by atoms with E-state index >= 15 is 0 Å². The largest absolute Gasteiger partial charge is 0.361 e. The molecule has 5 nitrogen and oxygen atoms in total. The number of primary sulfonamides is 1. The van der Waals surface area contributed by atoms with Crippen molar-refractivity contribution in [3.05, 3.63) is 40.0 Å². The van der Waals surface area contributed by atoms with Crippen LogP contribution < -0.4 is 10.5 Å². The first-order valence-corrected chi connectivity index (χ1v) is 9.14. The maximum absolute atomic E-state index is 11.1. The van der Waals surface area contributed by atoms with Crippen molar-refractivity contribution in [1.29, 1.82) is 0 Å². The number of nitrogens with two attached hydrogens (primary N) is 1. The highest BCUT2D eigenvalue weighted by Crippen LogP contribution is 2.23. The quantitative estimate of drug-likeness (QED) is 0.769. The Labute approximate surface area is 137 Å². The van der Waals surface area contributed by atoms with E-state index in [0.29, 0.717) is 21.7 Å². The summed E-state index contributed by atoms with van der Waals surface area (Å²) in [5.41, 5.74) is 1.02. The van der Waals surface area contributed by atoms with E-state index in [1.165, 1.54) is 6.20 Å². The maximum Gasteiger partial charge on any atom is 0.249 e. The molecular weight excluding hydrogens is 353 g/mol. The minimum Gasteiger partial charge on any atom is -0.361 e. The number of nitrogens with one attached hydrogen (secondary N) is 1. The molecule has 0 spiro atoms. The summed E-state index contributed by atoms with van der Waals surface area (Å²) >= 11 is 12.9. The van der Waals surface area contributed by atoms with E-state index in [4.69, 9.17) is 28.3 Å². The second-order valence-electron chi connectivity index (χ2n) is 4.30. The second kappa shape index (κ2) is 6.93. The highest BCUT2D eigenvalue weighted by molar-refractivity contribution is 7.91. The molecule has 114 valence electrons. The minimum atomic E-state index is -3.68. The molecule has 1 aromatic heterocycles. The standard InChI is InChI=1S/C12H13Cl2N3O2S2/c13-9-4-3-8(10(14)6-9)2-1-5-16-12-17-7-11(20-12)21(15,18)19/h3-4,6-7H,1-2,5H2,(H,16,17)(H2,15,18,19). The van der Waals surface area contributed by atoms with Crippen molar-refractivity contribution in [2.24, 2.45) is 5.14 Å². The first-order valence-electron chi connectivity index (χ1n) is 6.02. The van der Waals surface area contributed by atoms with E-state index in [1.807, 2.05) is 6.07 Å². The lowest BCUT2D eigenvalue weighted by atomic mass is 10.1. The first kappa shape index (κ1) is 16.5. The lowest BCUT2D eigenvalue weighted by Crippen LogP contribution is -2.09. The Morgan fingerprint density at radius 2 is 2.10 bits per heavy atom. The van der Waals surface area contributed by atoms with Crippen LogP contribution in [0.2, 0.25) is 10.0 Å². The Morgan fingerprint density at radius 3 is 2.71 bits per heavy atom. The molecule has 0 bridgehead atoms. The van der Waals surface area contributed by atoms with Gasteiger partial charge >= 0.3 is 0 Å². The highest BCUT2D eigenvalue weighted by atomic mass is 35.5. The van der Waals surface area contributed by atoms with Gasteiger partial charge in [0.2, 0.25) is 10.0 Å². The predicted octanol–water partition coefficient (Wildman–Crippen LogP) is 3.14. The smallest absolute Gasteiger partial charge is 0.249 e. The molecule has 9 heteroatoms. The average Bonchev–Trinajstić information content (AvgIpc) is 2.85. The van der Waals surface area contributed by atoms with E-state index in [0.717, 1.165) is 29.7 Å². The summed E-state index contributed by atoms with van der Waals surface area (Å²) in [4.78, 5) is 3.96. The third-order valence-corrected chi connectivity index (χ3v) is 5.63. The molecule has 1 aromatic carbocycles.